The van der Waals surface area contributed by atoms with Crippen molar-refractivity contribution in [1.29, 1.82) is 0 Å². The lowest BCUT2D eigenvalue weighted by Gasteiger charge is -2.17. The number of hydrogen-bond acceptors (Lipinski definition) is 3. The zero-order chi connectivity index (χ0) is 15.8. The molecule has 0 saturated carbocycles. The number of para-hydroxylation sites is 2. The van der Waals surface area contributed by atoms with Crippen LogP contribution in [0.3, 0.4) is 0 Å². The molecule has 0 fully saturated rings. The summed E-state index contributed by atoms with van der Waals surface area (Å²) in [5, 5.41) is 1.09. The Hall–Kier alpha value is -2.54. The summed E-state index contributed by atoms with van der Waals surface area (Å²) in [5.41, 5.74) is 7.18. The summed E-state index contributed by atoms with van der Waals surface area (Å²) in [4.78, 5) is 12.1. The van der Waals surface area contributed by atoms with E-state index in [1.54, 1.807) is 36.4 Å². The standard InChI is InChI=1S/C13H13N3O.CHF3/c14-12-9-5-4-8-11(12)13(17)16(15)10-6-2-1-3-7-10;2-1(3)4/h1-9H,14-15H2;1H. The Balaban J connectivity index is 0.000000491. The van der Waals surface area contributed by atoms with E-state index in [0.29, 0.717) is 16.9 Å². The summed E-state index contributed by atoms with van der Waals surface area (Å²) >= 11 is 0. The second-order valence-corrected chi connectivity index (χ2v) is 3.85. The van der Waals surface area contributed by atoms with Crippen LogP contribution in [0.25, 0.3) is 0 Å². The average molecular weight is 297 g/mol. The van der Waals surface area contributed by atoms with Gasteiger partial charge in [0, 0.05) is 5.69 Å². The van der Waals surface area contributed by atoms with E-state index in [0.717, 1.165) is 5.01 Å². The van der Waals surface area contributed by atoms with Crippen LogP contribution in [-0.4, -0.2) is 12.6 Å². The number of hydrogen-bond donors (Lipinski definition) is 2. The molecule has 0 saturated heterocycles. The first-order chi connectivity index (χ1) is 9.93. The molecule has 2 rings (SSSR count). The van der Waals surface area contributed by atoms with Gasteiger partial charge in [0.1, 0.15) is 0 Å². The van der Waals surface area contributed by atoms with Gasteiger partial charge in [-0.05, 0) is 24.3 Å². The zero-order valence-corrected chi connectivity index (χ0v) is 10.9. The van der Waals surface area contributed by atoms with E-state index >= 15 is 0 Å². The van der Waals surface area contributed by atoms with E-state index in [-0.39, 0.29) is 5.91 Å². The van der Waals surface area contributed by atoms with Crippen LogP contribution in [0.4, 0.5) is 24.5 Å². The smallest absolute Gasteiger partial charge is 0.379 e. The SMILES string of the molecule is FC(F)F.Nc1ccccc1C(=O)N(N)c1ccccc1. The fraction of sp³-hybridized carbons (Fsp3) is 0.0714. The fourth-order valence-corrected chi connectivity index (χ4v) is 1.53. The molecule has 2 aromatic rings. The minimum Gasteiger partial charge on any atom is -0.398 e. The number of carbonyl (C=O) groups excluding carboxylic acids is 1. The third kappa shape index (κ3) is 5.15. The highest BCUT2D eigenvalue weighted by Gasteiger charge is 2.15. The maximum absolute atomic E-state index is 12.1. The first-order valence-corrected chi connectivity index (χ1v) is 5.84. The monoisotopic (exact) mass is 297 g/mol. The van der Waals surface area contributed by atoms with Gasteiger partial charge in [-0.15, -0.1) is 0 Å². The van der Waals surface area contributed by atoms with E-state index in [9.17, 15) is 18.0 Å². The number of rotatable bonds is 2. The van der Waals surface area contributed by atoms with Crippen LogP contribution < -0.4 is 16.6 Å². The second-order valence-electron chi connectivity index (χ2n) is 3.85. The van der Waals surface area contributed by atoms with Crippen molar-refractivity contribution >= 4 is 17.3 Å². The summed E-state index contributed by atoms with van der Waals surface area (Å²) < 4.78 is 29.0. The number of alkyl halides is 3. The van der Waals surface area contributed by atoms with Crippen molar-refractivity contribution in [2.45, 2.75) is 6.68 Å². The van der Waals surface area contributed by atoms with Crippen molar-refractivity contribution < 1.29 is 18.0 Å². The molecule has 0 atom stereocenters. The maximum Gasteiger partial charge on any atom is 0.379 e. The van der Waals surface area contributed by atoms with Gasteiger partial charge in [0.2, 0.25) is 0 Å². The van der Waals surface area contributed by atoms with Crippen molar-refractivity contribution in [3.8, 4) is 0 Å². The van der Waals surface area contributed by atoms with Crippen molar-refractivity contribution in [2.24, 2.45) is 5.84 Å². The van der Waals surface area contributed by atoms with Crippen LogP contribution in [0.2, 0.25) is 0 Å². The molecular weight excluding hydrogens is 283 g/mol. The highest BCUT2D eigenvalue weighted by Crippen LogP contribution is 2.16. The van der Waals surface area contributed by atoms with E-state index in [2.05, 4.69) is 0 Å². The molecule has 0 aliphatic carbocycles. The molecule has 0 spiro atoms. The molecule has 4 nitrogen and oxygen atoms in total. The number of halogens is 3. The molecule has 0 radical (unpaired) electrons. The molecule has 0 bridgehead atoms. The Morgan fingerprint density at radius 3 is 1.95 bits per heavy atom. The van der Waals surface area contributed by atoms with E-state index in [1.165, 1.54) is 0 Å². The van der Waals surface area contributed by atoms with Crippen molar-refractivity contribution in [3.63, 3.8) is 0 Å². The van der Waals surface area contributed by atoms with Crippen LogP contribution in [0, 0.1) is 0 Å². The molecule has 21 heavy (non-hydrogen) atoms. The number of nitrogen functional groups attached to an aromatic ring is 1. The number of anilines is 2. The molecule has 4 N–H and O–H groups in total. The third-order valence-electron chi connectivity index (χ3n) is 2.44. The Morgan fingerprint density at radius 2 is 1.43 bits per heavy atom. The van der Waals surface area contributed by atoms with Crippen molar-refractivity contribution in [2.75, 3.05) is 10.7 Å². The minimum absolute atomic E-state index is 0.325. The molecule has 0 aliphatic heterocycles. The van der Waals surface area contributed by atoms with Gasteiger partial charge < -0.3 is 5.73 Å². The van der Waals surface area contributed by atoms with E-state index < -0.39 is 6.68 Å². The Labute approximate surface area is 119 Å². The lowest BCUT2D eigenvalue weighted by Crippen LogP contribution is -2.37. The summed E-state index contributed by atoms with van der Waals surface area (Å²) in [6.07, 6.45) is 0. The van der Waals surface area contributed by atoms with Crippen molar-refractivity contribution in [3.05, 3.63) is 60.2 Å². The summed E-state index contributed by atoms with van der Waals surface area (Å²) in [5.74, 6) is 5.44. The minimum atomic E-state index is -3.67. The van der Waals surface area contributed by atoms with E-state index in [4.69, 9.17) is 11.6 Å². The molecular formula is C14H14F3N3O. The second kappa shape index (κ2) is 7.91. The number of nitrogens with zero attached hydrogens (tertiary/aromatic N) is 1. The maximum atomic E-state index is 12.1. The number of hydrazine groups is 1. The zero-order valence-electron chi connectivity index (χ0n) is 10.9. The van der Waals surface area contributed by atoms with Gasteiger partial charge in [0.25, 0.3) is 5.91 Å². The predicted molar refractivity (Wildman–Crippen MR) is 75.4 cm³/mol. The molecule has 112 valence electrons. The van der Waals surface area contributed by atoms with Gasteiger partial charge in [0.15, 0.2) is 0 Å². The number of benzene rings is 2. The molecule has 0 heterocycles. The molecule has 0 aliphatic rings. The van der Waals surface area contributed by atoms with Crippen LogP contribution in [0.5, 0.6) is 0 Å². The van der Waals surface area contributed by atoms with Crippen LogP contribution in [-0.2, 0) is 0 Å². The topological polar surface area (TPSA) is 72.4 Å². The highest BCUT2D eigenvalue weighted by molar-refractivity contribution is 6.08. The molecule has 1 amide bonds. The van der Waals surface area contributed by atoms with Crippen LogP contribution >= 0.6 is 0 Å². The summed E-state index contributed by atoms with van der Waals surface area (Å²) in [6.45, 7) is -3.67. The van der Waals surface area contributed by atoms with Crippen LogP contribution in [0.15, 0.2) is 54.6 Å². The highest BCUT2D eigenvalue weighted by atomic mass is 19.4. The van der Waals surface area contributed by atoms with Crippen molar-refractivity contribution in [1.82, 2.24) is 0 Å². The number of amides is 1. The Morgan fingerprint density at radius 1 is 0.952 bits per heavy atom. The van der Waals surface area contributed by atoms with Gasteiger partial charge in [-0.1, -0.05) is 30.3 Å². The normalized spacial score (nSPS) is 9.76. The van der Waals surface area contributed by atoms with E-state index in [1.807, 2.05) is 18.2 Å². The molecule has 2 aromatic carbocycles. The van der Waals surface area contributed by atoms with Gasteiger partial charge in [0.05, 0.1) is 11.3 Å². The van der Waals surface area contributed by atoms with Gasteiger partial charge in [-0.2, -0.15) is 13.2 Å². The van der Waals surface area contributed by atoms with Gasteiger partial charge in [-0.25, -0.2) is 10.9 Å². The first-order valence-electron chi connectivity index (χ1n) is 5.84. The fourth-order valence-electron chi connectivity index (χ4n) is 1.53. The van der Waals surface area contributed by atoms with Gasteiger partial charge >= 0.3 is 6.68 Å². The summed E-state index contributed by atoms with van der Waals surface area (Å²) in [7, 11) is 0. The van der Waals surface area contributed by atoms with Gasteiger partial charge in [-0.3, -0.25) is 4.79 Å². The Kier molecular flexibility index (Phi) is 6.22. The molecule has 0 aromatic heterocycles. The Bertz CT molecular complexity index is 576. The number of nitrogens with two attached hydrogens (primary N) is 2. The van der Waals surface area contributed by atoms with Crippen LogP contribution in [0.1, 0.15) is 10.4 Å². The quantitative estimate of drug-likeness (QED) is 0.387. The lowest BCUT2D eigenvalue weighted by atomic mass is 10.1. The molecule has 7 heteroatoms. The largest absolute Gasteiger partial charge is 0.398 e. The number of carbonyl (C=O) groups is 1. The summed E-state index contributed by atoms with van der Waals surface area (Å²) in [6, 6.07) is 15.9. The lowest BCUT2D eigenvalue weighted by molar-refractivity contribution is 0.00818. The third-order valence-corrected chi connectivity index (χ3v) is 2.44. The average Bonchev–Trinajstić information content (AvgIpc) is 2.46. The predicted octanol–water partition coefficient (Wildman–Crippen LogP) is 2.97. The first kappa shape index (κ1) is 16.5. The molecule has 0 unspecified atom stereocenters.